The minimum atomic E-state index is -0.262. The van der Waals surface area contributed by atoms with Gasteiger partial charge in [0.1, 0.15) is 0 Å². The van der Waals surface area contributed by atoms with Gasteiger partial charge >= 0.3 is 0 Å². The lowest BCUT2D eigenvalue weighted by molar-refractivity contribution is 0.0798. The molecule has 0 bridgehead atoms. The fourth-order valence-corrected chi connectivity index (χ4v) is 4.04. The first-order chi connectivity index (χ1) is 14.4. The van der Waals surface area contributed by atoms with Crippen LogP contribution in [0.3, 0.4) is 0 Å². The van der Waals surface area contributed by atoms with Gasteiger partial charge in [0.2, 0.25) is 0 Å². The SMILES string of the molecule is Cc1c(C(=O)NN2CC=CCC2)nn(-c2ccc(Cl)cc2Cl)c1-c1ccc(Cl)cc1.Cl. The Hall–Kier alpha value is -2.02. The maximum atomic E-state index is 13.0. The Kier molecular flexibility index (Phi) is 7.68. The van der Waals surface area contributed by atoms with Gasteiger partial charge in [-0.3, -0.25) is 10.2 Å². The molecule has 0 aliphatic carbocycles. The summed E-state index contributed by atoms with van der Waals surface area (Å²) < 4.78 is 1.68. The molecule has 3 aromatic rings. The van der Waals surface area contributed by atoms with Gasteiger partial charge < -0.3 is 0 Å². The van der Waals surface area contributed by atoms with Crippen LogP contribution in [0.15, 0.2) is 54.6 Å². The van der Waals surface area contributed by atoms with E-state index in [4.69, 9.17) is 34.8 Å². The van der Waals surface area contributed by atoms with Gasteiger partial charge in [0, 0.05) is 34.3 Å². The highest BCUT2D eigenvalue weighted by molar-refractivity contribution is 6.35. The molecule has 0 unspecified atom stereocenters. The molecule has 0 spiro atoms. The van der Waals surface area contributed by atoms with Crippen molar-refractivity contribution in [2.75, 3.05) is 13.1 Å². The first-order valence-electron chi connectivity index (χ1n) is 9.46. The number of benzene rings is 2. The highest BCUT2D eigenvalue weighted by Crippen LogP contribution is 2.33. The third-order valence-corrected chi connectivity index (χ3v) is 5.70. The van der Waals surface area contributed by atoms with Gasteiger partial charge in [-0.25, -0.2) is 9.69 Å². The van der Waals surface area contributed by atoms with Crippen LogP contribution in [0.2, 0.25) is 15.1 Å². The van der Waals surface area contributed by atoms with Crippen molar-refractivity contribution >= 4 is 53.1 Å². The van der Waals surface area contributed by atoms with Gasteiger partial charge in [0.25, 0.3) is 5.91 Å². The molecule has 2 heterocycles. The molecule has 0 atom stereocenters. The third kappa shape index (κ3) is 5.08. The van der Waals surface area contributed by atoms with Crippen molar-refractivity contribution in [3.8, 4) is 16.9 Å². The standard InChI is InChI=1S/C22H19Cl3N4O.ClH/c1-14-20(22(30)27-28-11-3-2-4-12-28)26-29(19-10-9-17(24)13-18(19)25)21(14)15-5-7-16(23)8-6-15;/h2-3,5-10,13H,4,11-12H2,1H3,(H,27,30);1H. The van der Waals surface area contributed by atoms with Crippen LogP contribution in [0.25, 0.3) is 16.9 Å². The number of carbonyl (C=O) groups is 1. The van der Waals surface area contributed by atoms with Crippen molar-refractivity contribution < 1.29 is 4.79 Å². The number of halogens is 4. The van der Waals surface area contributed by atoms with Crippen LogP contribution in [0.1, 0.15) is 22.5 Å². The molecule has 0 radical (unpaired) electrons. The Balaban J connectivity index is 0.00000272. The monoisotopic (exact) mass is 496 g/mol. The van der Waals surface area contributed by atoms with Gasteiger partial charge in [-0.1, -0.05) is 59.1 Å². The summed E-state index contributed by atoms with van der Waals surface area (Å²) in [5.74, 6) is -0.262. The molecule has 1 aromatic heterocycles. The molecule has 5 nitrogen and oxygen atoms in total. The minimum Gasteiger partial charge on any atom is -0.283 e. The molecule has 1 aliphatic rings. The second-order valence-corrected chi connectivity index (χ2v) is 8.26. The predicted molar refractivity (Wildman–Crippen MR) is 129 cm³/mol. The number of nitrogens with one attached hydrogen (secondary N) is 1. The quantitative estimate of drug-likeness (QED) is 0.440. The number of amides is 1. The number of hydrogen-bond donors (Lipinski definition) is 1. The van der Waals surface area contributed by atoms with E-state index in [1.165, 1.54) is 0 Å². The van der Waals surface area contributed by atoms with E-state index >= 15 is 0 Å². The average Bonchev–Trinajstić information content (AvgIpc) is 3.06. The number of hydrogen-bond acceptors (Lipinski definition) is 3. The highest BCUT2D eigenvalue weighted by Gasteiger charge is 2.24. The first kappa shape index (κ1) is 23.6. The zero-order valence-electron chi connectivity index (χ0n) is 16.6. The summed E-state index contributed by atoms with van der Waals surface area (Å²) in [4.78, 5) is 13.0. The Morgan fingerprint density at radius 2 is 1.74 bits per heavy atom. The van der Waals surface area contributed by atoms with E-state index in [-0.39, 0.29) is 18.3 Å². The predicted octanol–water partition coefficient (Wildman–Crippen LogP) is 6.14. The molecule has 0 fully saturated rings. The number of hydrazine groups is 1. The Morgan fingerprint density at radius 3 is 2.39 bits per heavy atom. The van der Waals surface area contributed by atoms with E-state index in [0.717, 1.165) is 29.8 Å². The molecule has 0 saturated heterocycles. The molecule has 1 amide bonds. The van der Waals surface area contributed by atoms with Crippen LogP contribution in [0, 0.1) is 6.92 Å². The topological polar surface area (TPSA) is 50.2 Å². The van der Waals surface area contributed by atoms with Gasteiger partial charge in [-0.05, 0) is 43.7 Å². The number of aromatic nitrogens is 2. The Labute approximate surface area is 202 Å². The summed E-state index contributed by atoms with van der Waals surface area (Å²) in [5, 5.41) is 8.10. The van der Waals surface area contributed by atoms with E-state index in [9.17, 15) is 4.79 Å². The zero-order valence-corrected chi connectivity index (χ0v) is 19.7. The lowest BCUT2D eigenvalue weighted by Crippen LogP contribution is -2.44. The van der Waals surface area contributed by atoms with Crippen molar-refractivity contribution in [3.05, 3.63) is 80.9 Å². The molecule has 9 heteroatoms. The van der Waals surface area contributed by atoms with Crippen molar-refractivity contribution in [2.45, 2.75) is 13.3 Å². The lowest BCUT2D eigenvalue weighted by Gasteiger charge is -2.23. The largest absolute Gasteiger partial charge is 0.286 e. The number of rotatable bonds is 4. The summed E-state index contributed by atoms with van der Waals surface area (Å²) in [6.45, 7) is 3.30. The first-order valence-corrected chi connectivity index (χ1v) is 10.6. The molecule has 0 saturated carbocycles. The van der Waals surface area contributed by atoms with E-state index in [0.29, 0.717) is 33.0 Å². The second-order valence-electron chi connectivity index (χ2n) is 6.98. The maximum Gasteiger partial charge on any atom is 0.286 e. The Bertz CT molecular complexity index is 1130. The molecule has 1 aliphatic heterocycles. The van der Waals surface area contributed by atoms with E-state index < -0.39 is 0 Å². The van der Waals surface area contributed by atoms with E-state index in [1.54, 1.807) is 35.0 Å². The molecule has 31 heavy (non-hydrogen) atoms. The van der Waals surface area contributed by atoms with E-state index in [1.807, 2.05) is 30.1 Å². The summed E-state index contributed by atoms with van der Waals surface area (Å²) >= 11 is 18.6. The van der Waals surface area contributed by atoms with Gasteiger partial charge in [-0.2, -0.15) is 5.10 Å². The average molecular weight is 498 g/mol. The van der Waals surface area contributed by atoms with Crippen LogP contribution in [-0.2, 0) is 0 Å². The minimum absolute atomic E-state index is 0. The molecule has 1 N–H and O–H groups in total. The molecular formula is C22H20Cl4N4O. The Morgan fingerprint density at radius 1 is 1.03 bits per heavy atom. The molecule has 162 valence electrons. The fraction of sp³-hybridized carbons (Fsp3) is 0.182. The maximum absolute atomic E-state index is 13.0. The molecule has 4 rings (SSSR count). The summed E-state index contributed by atoms with van der Waals surface area (Å²) in [5.41, 5.74) is 6.29. The van der Waals surface area contributed by atoms with Crippen LogP contribution in [0.4, 0.5) is 0 Å². The van der Waals surface area contributed by atoms with E-state index in [2.05, 4.69) is 16.6 Å². The molecular weight excluding hydrogens is 478 g/mol. The summed E-state index contributed by atoms with van der Waals surface area (Å²) in [6, 6.07) is 12.6. The van der Waals surface area contributed by atoms with Crippen LogP contribution in [-0.4, -0.2) is 33.8 Å². The van der Waals surface area contributed by atoms with Crippen molar-refractivity contribution in [2.24, 2.45) is 0 Å². The molecule has 2 aromatic carbocycles. The lowest BCUT2D eigenvalue weighted by atomic mass is 10.1. The fourth-order valence-electron chi connectivity index (χ4n) is 3.43. The van der Waals surface area contributed by atoms with Crippen molar-refractivity contribution in [1.29, 1.82) is 0 Å². The van der Waals surface area contributed by atoms with Crippen LogP contribution in [0.5, 0.6) is 0 Å². The van der Waals surface area contributed by atoms with Crippen molar-refractivity contribution in [3.63, 3.8) is 0 Å². The normalized spacial score (nSPS) is 13.7. The number of nitrogens with zero attached hydrogens (tertiary/aromatic N) is 3. The smallest absolute Gasteiger partial charge is 0.283 e. The zero-order chi connectivity index (χ0) is 21.3. The van der Waals surface area contributed by atoms with Crippen LogP contribution < -0.4 is 5.43 Å². The summed E-state index contributed by atoms with van der Waals surface area (Å²) in [7, 11) is 0. The van der Waals surface area contributed by atoms with Crippen molar-refractivity contribution in [1.82, 2.24) is 20.2 Å². The van der Waals surface area contributed by atoms with Gasteiger partial charge in [-0.15, -0.1) is 12.4 Å². The highest BCUT2D eigenvalue weighted by atomic mass is 35.5. The van der Waals surface area contributed by atoms with Crippen LogP contribution >= 0.6 is 47.2 Å². The second kappa shape index (κ2) is 10.1. The number of carbonyl (C=O) groups excluding carboxylic acids is 1. The third-order valence-electron chi connectivity index (χ3n) is 4.91. The van der Waals surface area contributed by atoms with Gasteiger partial charge in [0.05, 0.1) is 16.4 Å². The summed E-state index contributed by atoms with van der Waals surface area (Å²) in [6.07, 6.45) is 5.02. The van der Waals surface area contributed by atoms with Gasteiger partial charge in [0.15, 0.2) is 5.69 Å².